The zero-order chi connectivity index (χ0) is 19.0. The van der Waals surface area contributed by atoms with Gasteiger partial charge in [-0.25, -0.2) is 0 Å². The number of carbonyl (C=O) groups is 1. The van der Waals surface area contributed by atoms with Crippen LogP contribution >= 0.6 is 11.3 Å². The highest BCUT2D eigenvalue weighted by molar-refractivity contribution is 7.22. The lowest BCUT2D eigenvalue weighted by Crippen LogP contribution is -2.23. The Labute approximate surface area is 161 Å². The number of carbonyl (C=O) groups excluding carboxylic acids is 1. The van der Waals surface area contributed by atoms with E-state index >= 15 is 0 Å². The summed E-state index contributed by atoms with van der Waals surface area (Å²) in [5.74, 6) is -0.139. The smallest absolute Gasteiger partial charge is 0.275 e. The van der Waals surface area contributed by atoms with Crippen molar-refractivity contribution in [2.24, 2.45) is 0 Å². The van der Waals surface area contributed by atoms with E-state index in [1.807, 2.05) is 6.07 Å². The predicted octanol–water partition coefficient (Wildman–Crippen LogP) is 4.55. The van der Waals surface area contributed by atoms with Crippen LogP contribution in [-0.4, -0.2) is 35.1 Å². The summed E-state index contributed by atoms with van der Waals surface area (Å²) < 4.78 is 6.04. The number of furan rings is 1. The van der Waals surface area contributed by atoms with Gasteiger partial charge in [0.25, 0.3) is 5.91 Å². The number of benzene rings is 1. The molecule has 0 fully saturated rings. The number of nitrogens with zero attached hydrogens (tertiary/aromatic N) is 3. The van der Waals surface area contributed by atoms with E-state index in [2.05, 4.69) is 47.5 Å². The van der Waals surface area contributed by atoms with Gasteiger partial charge in [0, 0.05) is 30.8 Å². The minimum atomic E-state index is -0.139. The number of fused-ring (bicyclic) bond motifs is 1. The number of hydrogen-bond acceptors (Lipinski definition) is 5. The maximum Gasteiger partial charge on any atom is 0.275 e. The minimum absolute atomic E-state index is 0.139. The highest BCUT2D eigenvalue weighted by atomic mass is 32.1. The third kappa shape index (κ3) is 3.36. The Morgan fingerprint density at radius 2 is 1.93 bits per heavy atom. The third-order valence-corrected chi connectivity index (χ3v) is 5.62. The quantitative estimate of drug-likeness (QED) is 0.523. The Balaban J connectivity index is 1.88. The second kappa shape index (κ2) is 6.96. The Bertz CT molecular complexity index is 1100. The van der Waals surface area contributed by atoms with Crippen LogP contribution in [0.4, 0.5) is 0 Å². The monoisotopic (exact) mass is 377 g/mol. The molecule has 0 unspecified atom stereocenters. The van der Waals surface area contributed by atoms with E-state index in [1.54, 1.807) is 38.0 Å². The summed E-state index contributed by atoms with van der Waals surface area (Å²) in [4.78, 5) is 15.2. The van der Waals surface area contributed by atoms with Crippen molar-refractivity contribution >= 4 is 27.3 Å². The Morgan fingerprint density at radius 3 is 2.59 bits per heavy atom. The van der Waals surface area contributed by atoms with Crippen LogP contribution in [0, 0.1) is 6.92 Å². The topological polar surface area (TPSA) is 59.2 Å². The Kier molecular flexibility index (Phi) is 4.49. The van der Waals surface area contributed by atoms with Crippen molar-refractivity contribution in [3.05, 3.63) is 71.4 Å². The van der Waals surface area contributed by atoms with Gasteiger partial charge in [-0.05, 0) is 30.2 Å². The van der Waals surface area contributed by atoms with E-state index in [9.17, 15) is 4.79 Å². The van der Waals surface area contributed by atoms with Crippen LogP contribution in [0.2, 0.25) is 0 Å². The number of rotatable bonds is 4. The second-order valence-electron chi connectivity index (χ2n) is 6.72. The molecule has 3 heterocycles. The molecule has 0 aliphatic heterocycles. The lowest BCUT2D eigenvalue weighted by Gasteiger charge is -2.10. The average Bonchev–Trinajstić information content (AvgIpc) is 3.32. The van der Waals surface area contributed by atoms with Gasteiger partial charge in [0.15, 0.2) is 5.69 Å². The molecule has 0 N–H and O–H groups in total. The van der Waals surface area contributed by atoms with Crippen LogP contribution in [0.25, 0.3) is 20.5 Å². The Morgan fingerprint density at radius 1 is 1.15 bits per heavy atom. The van der Waals surface area contributed by atoms with Crippen molar-refractivity contribution in [3.63, 3.8) is 0 Å². The lowest BCUT2D eigenvalue weighted by molar-refractivity contribution is 0.0823. The number of amides is 1. The van der Waals surface area contributed by atoms with Crippen LogP contribution in [0.15, 0.2) is 53.3 Å². The maximum atomic E-state index is 12.6. The molecule has 0 bridgehead atoms. The molecule has 0 atom stereocenters. The number of hydrogen-bond donors (Lipinski definition) is 0. The summed E-state index contributed by atoms with van der Waals surface area (Å²) in [7, 11) is 3.45. The molecule has 5 nitrogen and oxygen atoms in total. The van der Waals surface area contributed by atoms with Crippen molar-refractivity contribution in [2.75, 3.05) is 14.1 Å². The van der Waals surface area contributed by atoms with E-state index in [1.165, 1.54) is 10.5 Å². The largest absolute Gasteiger partial charge is 0.472 e. The normalized spacial score (nSPS) is 11.1. The summed E-state index contributed by atoms with van der Waals surface area (Å²) in [5.41, 5.74) is 4.61. The van der Waals surface area contributed by atoms with Crippen molar-refractivity contribution in [3.8, 4) is 10.4 Å². The molecular weight excluding hydrogens is 358 g/mol. The van der Waals surface area contributed by atoms with Gasteiger partial charge < -0.3 is 9.32 Å². The standard InChI is InChI=1S/C21H19N3O2S/c1-13-4-6-15(7-5-13)18-11-16-17(10-14-8-9-26-12-14)22-23-19(20(16)27-18)21(25)24(2)3/h4-9,11-12H,10H2,1-3H3. The molecule has 4 aromatic rings. The fraction of sp³-hybridized carbons (Fsp3) is 0.190. The average molecular weight is 377 g/mol. The summed E-state index contributed by atoms with van der Waals surface area (Å²) >= 11 is 1.58. The molecule has 6 heteroatoms. The number of aromatic nitrogens is 2. The molecule has 0 saturated carbocycles. The van der Waals surface area contributed by atoms with Crippen molar-refractivity contribution in [1.82, 2.24) is 15.1 Å². The highest BCUT2D eigenvalue weighted by Crippen LogP contribution is 2.36. The number of thiophene rings is 1. The van der Waals surface area contributed by atoms with Gasteiger partial charge in [-0.1, -0.05) is 29.8 Å². The van der Waals surface area contributed by atoms with Crippen molar-refractivity contribution in [1.29, 1.82) is 0 Å². The lowest BCUT2D eigenvalue weighted by atomic mass is 10.1. The van der Waals surface area contributed by atoms with E-state index < -0.39 is 0 Å². The molecular formula is C21H19N3O2S. The second-order valence-corrected chi connectivity index (χ2v) is 7.77. The van der Waals surface area contributed by atoms with Crippen LogP contribution in [0.3, 0.4) is 0 Å². The van der Waals surface area contributed by atoms with Gasteiger partial charge in [-0.15, -0.1) is 16.4 Å². The summed E-state index contributed by atoms with van der Waals surface area (Å²) in [5, 5.41) is 9.61. The first kappa shape index (κ1) is 17.4. The zero-order valence-corrected chi connectivity index (χ0v) is 16.2. The van der Waals surface area contributed by atoms with Crippen LogP contribution in [-0.2, 0) is 6.42 Å². The number of aryl methyl sites for hydroxylation is 1. The van der Waals surface area contributed by atoms with Gasteiger partial charge in [-0.2, -0.15) is 5.10 Å². The fourth-order valence-electron chi connectivity index (χ4n) is 2.92. The van der Waals surface area contributed by atoms with E-state index in [0.717, 1.165) is 31.8 Å². The van der Waals surface area contributed by atoms with Gasteiger partial charge in [0.05, 0.1) is 22.9 Å². The molecule has 0 aliphatic carbocycles. The Hall–Kier alpha value is -2.99. The predicted molar refractivity (Wildman–Crippen MR) is 107 cm³/mol. The minimum Gasteiger partial charge on any atom is -0.472 e. The summed E-state index contributed by atoms with van der Waals surface area (Å²) in [6, 6.07) is 12.4. The van der Waals surface area contributed by atoms with Crippen molar-refractivity contribution in [2.45, 2.75) is 13.3 Å². The molecule has 4 rings (SSSR count). The van der Waals surface area contributed by atoms with Gasteiger partial charge in [0.1, 0.15) is 0 Å². The van der Waals surface area contributed by atoms with E-state index in [0.29, 0.717) is 12.1 Å². The molecule has 136 valence electrons. The molecule has 1 aromatic carbocycles. The molecule has 0 spiro atoms. The van der Waals surface area contributed by atoms with E-state index in [-0.39, 0.29) is 5.91 Å². The molecule has 3 aromatic heterocycles. The summed E-state index contributed by atoms with van der Waals surface area (Å²) in [6.45, 7) is 2.07. The van der Waals surface area contributed by atoms with Crippen LogP contribution in [0.5, 0.6) is 0 Å². The zero-order valence-electron chi connectivity index (χ0n) is 15.4. The van der Waals surface area contributed by atoms with Gasteiger partial charge in [-0.3, -0.25) is 4.79 Å². The maximum absolute atomic E-state index is 12.6. The van der Waals surface area contributed by atoms with Crippen LogP contribution in [0.1, 0.15) is 27.3 Å². The molecule has 0 radical (unpaired) electrons. The van der Waals surface area contributed by atoms with Gasteiger partial charge in [0.2, 0.25) is 0 Å². The SMILES string of the molecule is Cc1ccc(-c2cc3c(Cc4ccoc4)nnc(C(=O)N(C)C)c3s2)cc1. The van der Waals surface area contributed by atoms with Gasteiger partial charge >= 0.3 is 0 Å². The molecule has 0 aliphatic rings. The third-order valence-electron chi connectivity index (χ3n) is 4.43. The molecule has 0 saturated heterocycles. The van der Waals surface area contributed by atoms with Crippen molar-refractivity contribution < 1.29 is 9.21 Å². The van der Waals surface area contributed by atoms with E-state index in [4.69, 9.17) is 4.42 Å². The van der Waals surface area contributed by atoms with Crippen LogP contribution < -0.4 is 0 Å². The first-order chi connectivity index (χ1) is 13.0. The summed E-state index contributed by atoms with van der Waals surface area (Å²) in [6.07, 6.45) is 3.97. The fourth-order valence-corrected chi connectivity index (χ4v) is 4.08. The molecule has 27 heavy (non-hydrogen) atoms. The highest BCUT2D eigenvalue weighted by Gasteiger charge is 2.20. The molecule has 1 amide bonds. The first-order valence-electron chi connectivity index (χ1n) is 8.62. The first-order valence-corrected chi connectivity index (χ1v) is 9.43.